The quantitative estimate of drug-likeness (QED) is 0.157. The highest BCUT2D eigenvalue weighted by atomic mass is 16.7. The third-order valence-corrected chi connectivity index (χ3v) is 5.79. The summed E-state index contributed by atoms with van der Waals surface area (Å²) < 4.78 is 21.8. The van der Waals surface area contributed by atoms with Crippen LogP contribution in [-0.4, -0.2) is 25.5 Å². The predicted octanol–water partition coefficient (Wildman–Crippen LogP) is 8.16. The van der Waals surface area contributed by atoms with Gasteiger partial charge in [-0.1, -0.05) is 78.4 Å². The van der Waals surface area contributed by atoms with Crippen molar-refractivity contribution in [1.29, 1.82) is 0 Å². The lowest BCUT2D eigenvalue weighted by Crippen LogP contribution is -2.14. The van der Waals surface area contributed by atoms with Crippen LogP contribution in [0.3, 0.4) is 0 Å². The van der Waals surface area contributed by atoms with E-state index in [0.29, 0.717) is 41.9 Å². The van der Waals surface area contributed by atoms with Crippen LogP contribution in [0, 0.1) is 0 Å². The maximum atomic E-state index is 12.4. The summed E-state index contributed by atoms with van der Waals surface area (Å²) >= 11 is 0. The Bertz CT molecular complexity index is 921. The minimum absolute atomic E-state index is 0.336. The Hall–Kier alpha value is -2.76. The summed E-state index contributed by atoms with van der Waals surface area (Å²) in [5.74, 6) is 0.847. The Morgan fingerprint density at radius 2 is 1.29 bits per heavy atom. The first-order chi connectivity index (χ1) is 16.5. The molecule has 0 unspecified atom stereocenters. The molecule has 0 saturated heterocycles. The lowest BCUT2D eigenvalue weighted by Gasteiger charge is -2.16. The zero-order chi connectivity index (χ0) is 24.8. The van der Waals surface area contributed by atoms with Crippen molar-refractivity contribution >= 4 is 23.1 Å². The van der Waals surface area contributed by atoms with E-state index in [4.69, 9.17) is 18.9 Å². The summed E-state index contributed by atoms with van der Waals surface area (Å²) in [7, 11) is 0. The molecule has 2 aromatic carbocycles. The SMILES string of the molecule is CCCCCCOC(=O)Oc1cc(CC)c(OC(=O)OCCCCCC)c2ccc(CC)cc12. The fourth-order valence-electron chi connectivity index (χ4n) is 3.76. The van der Waals surface area contributed by atoms with Gasteiger partial charge in [0.05, 0.1) is 13.2 Å². The van der Waals surface area contributed by atoms with Gasteiger partial charge < -0.3 is 18.9 Å². The Morgan fingerprint density at radius 3 is 1.85 bits per heavy atom. The van der Waals surface area contributed by atoms with Crippen LogP contribution in [0.15, 0.2) is 24.3 Å². The fraction of sp³-hybridized carbons (Fsp3) is 0.571. The smallest absolute Gasteiger partial charge is 0.434 e. The van der Waals surface area contributed by atoms with E-state index < -0.39 is 12.3 Å². The second-order valence-electron chi connectivity index (χ2n) is 8.47. The number of ether oxygens (including phenoxy) is 4. The zero-order valence-corrected chi connectivity index (χ0v) is 21.2. The highest BCUT2D eigenvalue weighted by Gasteiger charge is 2.19. The van der Waals surface area contributed by atoms with Crippen molar-refractivity contribution in [3.8, 4) is 11.5 Å². The van der Waals surface area contributed by atoms with Crippen molar-refractivity contribution in [2.75, 3.05) is 13.2 Å². The number of fused-ring (bicyclic) bond motifs is 1. The van der Waals surface area contributed by atoms with E-state index in [9.17, 15) is 9.59 Å². The molecule has 0 radical (unpaired) electrons. The van der Waals surface area contributed by atoms with Gasteiger partial charge in [-0.3, -0.25) is 0 Å². The predicted molar refractivity (Wildman–Crippen MR) is 135 cm³/mol. The number of hydrogen-bond donors (Lipinski definition) is 0. The number of carbonyl (C=O) groups is 2. The van der Waals surface area contributed by atoms with E-state index in [0.717, 1.165) is 68.9 Å². The van der Waals surface area contributed by atoms with Gasteiger partial charge in [0.15, 0.2) is 0 Å². The fourth-order valence-corrected chi connectivity index (χ4v) is 3.76. The van der Waals surface area contributed by atoms with Crippen LogP contribution in [0.25, 0.3) is 10.8 Å². The molecule has 6 nitrogen and oxygen atoms in total. The van der Waals surface area contributed by atoms with Gasteiger partial charge in [0.25, 0.3) is 0 Å². The Kier molecular flexibility index (Phi) is 12.3. The summed E-state index contributed by atoms with van der Waals surface area (Å²) in [5.41, 5.74) is 1.84. The van der Waals surface area contributed by atoms with E-state index in [1.807, 2.05) is 25.1 Å². The van der Waals surface area contributed by atoms with Gasteiger partial charge in [-0.15, -0.1) is 0 Å². The van der Waals surface area contributed by atoms with Crippen molar-refractivity contribution in [3.05, 3.63) is 35.4 Å². The van der Waals surface area contributed by atoms with Gasteiger partial charge in [-0.25, -0.2) is 9.59 Å². The lowest BCUT2D eigenvalue weighted by atomic mass is 9.99. The molecule has 34 heavy (non-hydrogen) atoms. The molecule has 0 amide bonds. The van der Waals surface area contributed by atoms with E-state index in [1.54, 1.807) is 6.07 Å². The highest BCUT2D eigenvalue weighted by molar-refractivity contribution is 5.97. The number of unbranched alkanes of at least 4 members (excludes halogenated alkanes) is 6. The van der Waals surface area contributed by atoms with Crippen LogP contribution in [0.2, 0.25) is 0 Å². The molecule has 188 valence electrons. The molecule has 0 saturated carbocycles. The van der Waals surface area contributed by atoms with Crippen molar-refractivity contribution in [2.24, 2.45) is 0 Å². The molecule has 0 fully saturated rings. The molecule has 0 spiro atoms. The summed E-state index contributed by atoms with van der Waals surface area (Å²) in [4.78, 5) is 24.7. The molecule has 0 atom stereocenters. The first-order valence-electron chi connectivity index (χ1n) is 12.8. The van der Waals surface area contributed by atoms with Crippen LogP contribution < -0.4 is 9.47 Å². The van der Waals surface area contributed by atoms with Gasteiger partial charge in [0, 0.05) is 10.8 Å². The third-order valence-electron chi connectivity index (χ3n) is 5.79. The molecule has 0 aromatic heterocycles. The van der Waals surface area contributed by atoms with E-state index in [2.05, 4.69) is 20.8 Å². The molecule has 0 aliphatic heterocycles. The molecule has 6 heteroatoms. The molecule has 0 N–H and O–H groups in total. The van der Waals surface area contributed by atoms with Crippen LogP contribution in [0.5, 0.6) is 11.5 Å². The largest absolute Gasteiger partial charge is 0.513 e. The first kappa shape index (κ1) is 27.5. The topological polar surface area (TPSA) is 71.1 Å². The van der Waals surface area contributed by atoms with E-state index in [-0.39, 0.29) is 0 Å². The number of aryl methyl sites for hydroxylation is 2. The van der Waals surface area contributed by atoms with Crippen molar-refractivity contribution in [1.82, 2.24) is 0 Å². The maximum Gasteiger partial charge on any atom is 0.513 e. The summed E-state index contributed by atoms with van der Waals surface area (Å²) in [6.07, 6.45) is 8.13. The van der Waals surface area contributed by atoms with Crippen molar-refractivity contribution < 1.29 is 28.5 Å². The highest BCUT2D eigenvalue weighted by Crippen LogP contribution is 2.38. The average molecular weight is 473 g/mol. The monoisotopic (exact) mass is 472 g/mol. The molecule has 0 heterocycles. The zero-order valence-electron chi connectivity index (χ0n) is 21.2. The van der Waals surface area contributed by atoms with Gasteiger partial charge in [0.1, 0.15) is 11.5 Å². The van der Waals surface area contributed by atoms with Crippen LogP contribution >= 0.6 is 0 Å². The van der Waals surface area contributed by atoms with Crippen LogP contribution in [0.1, 0.15) is 90.2 Å². The van der Waals surface area contributed by atoms with Gasteiger partial charge >= 0.3 is 12.3 Å². The Morgan fingerprint density at radius 1 is 0.676 bits per heavy atom. The second kappa shape index (κ2) is 15.2. The minimum atomic E-state index is -0.720. The standard InChI is InChI=1S/C28H40O6/c1-5-9-11-13-17-31-27(29)33-25-20-22(8-4)26(23-16-15-21(7-3)19-24(23)25)34-28(30)32-18-14-12-10-6-2/h15-16,19-20H,5-14,17-18H2,1-4H3. The summed E-state index contributed by atoms with van der Waals surface area (Å²) in [6, 6.07) is 7.60. The Labute approximate surface area is 203 Å². The first-order valence-corrected chi connectivity index (χ1v) is 12.8. The molecular weight excluding hydrogens is 432 g/mol. The summed E-state index contributed by atoms with van der Waals surface area (Å²) in [5, 5.41) is 1.40. The number of benzene rings is 2. The lowest BCUT2D eigenvalue weighted by molar-refractivity contribution is 0.0956. The van der Waals surface area contributed by atoms with Gasteiger partial charge in [-0.2, -0.15) is 0 Å². The molecule has 0 aliphatic carbocycles. The van der Waals surface area contributed by atoms with Gasteiger partial charge in [-0.05, 0) is 48.9 Å². The van der Waals surface area contributed by atoms with Crippen LogP contribution in [-0.2, 0) is 22.3 Å². The van der Waals surface area contributed by atoms with Crippen molar-refractivity contribution in [3.63, 3.8) is 0 Å². The molecular formula is C28H40O6. The number of rotatable bonds is 14. The van der Waals surface area contributed by atoms with Crippen LogP contribution in [0.4, 0.5) is 9.59 Å². The minimum Gasteiger partial charge on any atom is -0.434 e. The summed E-state index contributed by atoms with van der Waals surface area (Å²) in [6.45, 7) is 8.96. The molecule has 0 aliphatic rings. The van der Waals surface area contributed by atoms with E-state index in [1.165, 1.54) is 0 Å². The Balaban J connectivity index is 2.22. The number of hydrogen-bond acceptors (Lipinski definition) is 6. The van der Waals surface area contributed by atoms with E-state index >= 15 is 0 Å². The van der Waals surface area contributed by atoms with Gasteiger partial charge in [0.2, 0.25) is 0 Å². The normalized spacial score (nSPS) is 10.8. The maximum absolute atomic E-state index is 12.4. The molecule has 2 rings (SSSR count). The average Bonchev–Trinajstić information content (AvgIpc) is 2.84. The van der Waals surface area contributed by atoms with Crippen molar-refractivity contribution in [2.45, 2.75) is 91.9 Å². The third kappa shape index (κ3) is 8.54. The molecule has 0 bridgehead atoms. The second-order valence-corrected chi connectivity index (χ2v) is 8.47. The number of carbonyl (C=O) groups excluding carboxylic acids is 2. The molecule has 2 aromatic rings.